The second-order valence-electron chi connectivity index (χ2n) is 4.42. The summed E-state index contributed by atoms with van der Waals surface area (Å²) in [4.78, 5) is 2.12. The van der Waals surface area contributed by atoms with Crippen molar-refractivity contribution in [3.63, 3.8) is 0 Å². The van der Waals surface area contributed by atoms with Crippen LogP contribution in [0.3, 0.4) is 0 Å². The first kappa shape index (κ1) is 14.0. The van der Waals surface area contributed by atoms with Gasteiger partial charge >= 0.3 is 6.18 Å². The summed E-state index contributed by atoms with van der Waals surface area (Å²) in [5.41, 5.74) is 0.867. The number of hydrogen-bond donors (Lipinski definition) is 1. The summed E-state index contributed by atoms with van der Waals surface area (Å²) in [6, 6.07) is 7.24. The molecule has 0 saturated carbocycles. The van der Waals surface area contributed by atoms with E-state index in [1.807, 2.05) is 12.1 Å². The number of hydrogen-bond acceptors (Lipinski definition) is 3. The number of benzene rings is 1. The van der Waals surface area contributed by atoms with Gasteiger partial charge in [0, 0.05) is 26.2 Å². The van der Waals surface area contributed by atoms with Crippen molar-refractivity contribution in [1.29, 1.82) is 0 Å². The van der Waals surface area contributed by atoms with Crippen molar-refractivity contribution < 1.29 is 17.9 Å². The Balaban J connectivity index is 1.99. The van der Waals surface area contributed by atoms with Gasteiger partial charge in [0.25, 0.3) is 0 Å². The van der Waals surface area contributed by atoms with Gasteiger partial charge in [-0.2, -0.15) is 13.2 Å². The fourth-order valence-electron chi connectivity index (χ4n) is 2.02. The van der Waals surface area contributed by atoms with Crippen LogP contribution in [-0.4, -0.2) is 39.0 Å². The number of nitrogens with zero attached hydrogens (tertiary/aromatic N) is 1. The van der Waals surface area contributed by atoms with E-state index in [1.165, 1.54) is 0 Å². The largest absolute Gasteiger partial charge is 0.491 e. The van der Waals surface area contributed by atoms with Crippen molar-refractivity contribution in [1.82, 2.24) is 5.32 Å². The van der Waals surface area contributed by atoms with Crippen LogP contribution in [-0.2, 0) is 0 Å². The van der Waals surface area contributed by atoms with Crippen molar-refractivity contribution in [3.05, 3.63) is 24.3 Å². The molecule has 1 heterocycles. The summed E-state index contributed by atoms with van der Waals surface area (Å²) in [5, 5.41) is 3.24. The molecule has 0 unspecified atom stereocenters. The van der Waals surface area contributed by atoms with E-state index in [2.05, 4.69) is 10.2 Å². The molecule has 1 saturated heterocycles. The molecule has 0 amide bonds. The van der Waals surface area contributed by atoms with Crippen LogP contribution < -0.4 is 15.0 Å². The highest BCUT2D eigenvalue weighted by atomic mass is 19.4. The van der Waals surface area contributed by atoms with Gasteiger partial charge in [0.2, 0.25) is 0 Å². The third-order valence-electron chi connectivity index (χ3n) is 2.97. The van der Waals surface area contributed by atoms with E-state index < -0.39 is 12.6 Å². The maximum absolute atomic E-state index is 12.1. The van der Waals surface area contributed by atoms with Crippen LogP contribution in [0.2, 0.25) is 0 Å². The molecule has 1 aromatic rings. The van der Waals surface area contributed by atoms with Gasteiger partial charge in [0.1, 0.15) is 5.75 Å². The Labute approximate surface area is 110 Å². The highest BCUT2D eigenvalue weighted by Gasteiger charge is 2.27. The van der Waals surface area contributed by atoms with Gasteiger partial charge in [-0.15, -0.1) is 0 Å². The maximum atomic E-state index is 12.1. The molecule has 3 nitrogen and oxygen atoms in total. The third-order valence-corrected chi connectivity index (χ3v) is 2.97. The molecule has 0 spiro atoms. The summed E-state index contributed by atoms with van der Waals surface area (Å²) in [7, 11) is 0. The Kier molecular flexibility index (Phi) is 4.52. The molecule has 1 aliphatic heterocycles. The zero-order valence-corrected chi connectivity index (χ0v) is 10.5. The smallest absolute Gasteiger partial charge is 0.392 e. The molecule has 6 heteroatoms. The molecule has 1 aliphatic rings. The Hall–Kier alpha value is -1.43. The molecular formula is C13H17F3N2O. The van der Waals surface area contributed by atoms with Crippen LogP contribution in [0.1, 0.15) is 6.42 Å². The molecule has 0 atom stereocenters. The molecule has 0 radical (unpaired) electrons. The van der Waals surface area contributed by atoms with Crippen LogP contribution >= 0.6 is 0 Å². The lowest BCUT2D eigenvalue weighted by Crippen LogP contribution is -2.43. The number of piperazine rings is 1. The maximum Gasteiger partial charge on any atom is 0.392 e. The third kappa shape index (κ3) is 4.31. The van der Waals surface area contributed by atoms with Gasteiger partial charge in [0.05, 0.1) is 18.7 Å². The number of nitrogens with one attached hydrogen (secondary N) is 1. The lowest BCUT2D eigenvalue weighted by molar-refractivity contribution is -0.139. The minimum atomic E-state index is -4.18. The van der Waals surface area contributed by atoms with Crippen molar-refractivity contribution in [3.8, 4) is 5.75 Å². The number of ether oxygens (including phenoxy) is 1. The molecule has 1 fully saturated rings. The van der Waals surface area contributed by atoms with Crippen molar-refractivity contribution >= 4 is 5.69 Å². The first-order valence-electron chi connectivity index (χ1n) is 6.30. The fraction of sp³-hybridized carbons (Fsp3) is 0.538. The molecule has 1 aromatic carbocycles. The fourth-order valence-corrected chi connectivity index (χ4v) is 2.02. The predicted molar refractivity (Wildman–Crippen MR) is 67.7 cm³/mol. The van der Waals surface area contributed by atoms with E-state index in [0.717, 1.165) is 31.9 Å². The Bertz CT molecular complexity index is 403. The van der Waals surface area contributed by atoms with Gasteiger partial charge in [-0.3, -0.25) is 0 Å². The van der Waals surface area contributed by atoms with E-state index in [-0.39, 0.29) is 6.61 Å². The van der Waals surface area contributed by atoms with Crippen LogP contribution in [0.4, 0.5) is 18.9 Å². The van der Waals surface area contributed by atoms with Gasteiger partial charge < -0.3 is 15.0 Å². The van der Waals surface area contributed by atoms with Crippen molar-refractivity contribution in [2.24, 2.45) is 0 Å². The monoisotopic (exact) mass is 274 g/mol. The first-order chi connectivity index (χ1) is 9.06. The minimum absolute atomic E-state index is 0.341. The van der Waals surface area contributed by atoms with Gasteiger partial charge in [-0.05, 0) is 12.1 Å². The quantitative estimate of drug-likeness (QED) is 0.912. The average Bonchev–Trinajstić information content (AvgIpc) is 2.39. The van der Waals surface area contributed by atoms with E-state index in [4.69, 9.17) is 4.74 Å². The van der Waals surface area contributed by atoms with Crippen LogP contribution in [0.15, 0.2) is 24.3 Å². The second-order valence-corrected chi connectivity index (χ2v) is 4.42. The molecule has 0 aromatic heterocycles. The Morgan fingerprint density at radius 3 is 2.53 bits per heavy atom. The van der Waals surface area contributed by atoms with Crippen molar-refractivity contribution in [2.45, 2.75) is 12.6 Å². The van der Waals surface area contributed by atoms with E-state index >= 15 is 0 Å². The molecule has 1 N–H and O–H groups in total. The normalized spacial score (nSPS) is 16.5. The lowest BCUT2D eigenvalue weighted by atomic mass is 10.2. The minimum Gasteiger partial charge on any atom is -0.491 e. The van der Waals surface area contributed by atoms with E-state index in [0.29, 0.717) is 5.75 Å². The zero-order chi connectivity index (χ0) is 13.7. The van der Waals surface area contributed by atoms with E-state index in [1.54, 1.807) is 12.1 Å². The van der Waals surface area contributed by atoms with Gasteiger partial charge in [0.15, 0.2) is 0 Å². The highest BCUT2D eigenvalue weighted by molar-refractivity contribution is 5.58. The number of halogens is 3. The SMILES string of the molecule is FC(F)(F)CCOc1ccccc1N1CCNCC1. The van der Waals surface area contributed by atoms with E-state index in [9.17, 15) is 13.2 Å². The highest BCUT2D eigenvalue weighted by Crippen LogP contribution is 2.29. The standard InChI is InChI=1S/C13H17F3N2O/c14-13(15,16)5-10-19-12-4-2-1-3-11(12)18-8-6-17-7-9-18/h1-4,17H,5-10H2. The molecule has 2 rings (SSSR count). The van der Waals surface area contributed by atoms with Crippen LogP contribution in [0.5, 0.6) is 5.75 Å². The number of rotatable bonds is 4. The number of alkyl halides is 3. The lowest BCUT2D eigenvalue weighted by Gasteiger charge is -2.30. The summed E-state index contributed by atoms with van der Waals surface area (Å²) >= 11 is 0. The van der Waals surface area contributed by atoms with Gasteiger partial charge in [-0.25, -0.2) is 0 Å². The van der Waals surface area contributed by atoms with Crippen LogP contribution in [0.25, 0.3) is 0 Å². The molecule has 0 aliphatic carbocycles. The number of anilines is 1. The topological polar surface area (TPSA) is 24.5 Å². The number of para-hydroxylation sites is 2. The molecular weight excluding hydrogens is 257 g/mol. The Morgan fingerprint density at radius 2 is 1.84 bits per heavy atom. The van der Waals surface area contributed by atoms with Crippen molar-refractivity contribution in [2.75, 3.05) is 37.7 Å². The summed E-state index contributed by atoms with van der Waals surface area (Å²) in [6.45, 7) is 3.07. The molecule has 19 heavy (non-hydrogen) atoms. The predicted octanol–water partition coefficient (Wildman–Crippen LogP) is 2.43. The Morgan fingerprint density at radius 1 is 1.16 bits per heavy atom. The zero-order valence-electron chi connectivity index (χ0n) is 10.5. The summed E-state index contributed by atoms with van der Waals surface area (Å²) in [5.74, 6) is 0.522. The van der Waals surface area contributed by atoms with Crippen LogP contribution in [0, 0.1) is 0 Å². The molecule has 106 valence electrons. The second kappa shape index (κ2) is 6.14. The first-order valence-corrected chi connectivity index (χ1v) is 6.30. The average molecular weight is 274 g/mol. The van der Waals surface area contributed by atoms with Gasteiger partial charge in [-0.1, -0.05) is 12.1 Å². The summed E-state index contributed by atoms with van der Waals surface area (Å²) in [6.07, 6.45) is -5.10. The molecule has 0 bridgehead atoms. The summed E-state index contributed by atoms with van der Waals surface area (Å²) < 4.78 is 41.6.